The summed E-state index contributed by atoms with van der Waals surface area (Å²) >= 11 is 0. The lowest BCUT2D eigenvalue weighted by molar-refractivity contribution is -0.121. The molecule has 174 valence electrons. The second-order valence-corrected chi connectivity index (χ2v) is 9.75. The van der Waals surface area contributed by atoms with Crippen LogP contribution in [0.5, 0.6) is 0 Å². The number of benzene rings is 1. The van der Waals surface area contributed by atoms with Gasteiger partial charge in [-0.05, 0) is 75.2 Å². The van der Waals surface area contributed by atoms with E-state index in [1.165, 1.54) is 5.56 Å². The number of hydrogen-bond acceptors (Lipinski definition) is 4. The second kappa shape index (κ2) is 12.6. The van der Waals surface area contributed by atoms with Crippen LogP contribution >= 0.6 is 0 Å². The Hall–Kier alpha value is -1.43. The number of nitrogens with one attached hydrogen (secondary N) is 1. The van der Waals surface area contributed by atoms with Gasteiger partial charge in [-0.25, -0.2) is 0 Å². The molecule has 1 aromatic rings. The Morgan fingerprint density at radius 1 is 0.935 bits per heavy atom. The van der Waals surface area contributed by atoms with E-state index in [-0.39, 0.29) is 23.8 Å². The van der Waals surface area contributed by atoms with Crippen molar-refractivity contribution in [1.82, 2.24) is 5.32 Å². The molecule has 0 radical (unpaired) electrons. The maximum atomic E-state index is 11.7. The van der Waals surface area contributed by atoms with E-state index in [9.17, 15) is 20.1 Å². The highest BCUT2D eigenvalue weighted by Gasteiger charge is 2.40. The second-order valence-electron chi connectivity index (χ2n) is 9.75. The number of unbranched alkanes of at least 4 members (excludes halogenated alkanes) is 3. The van der Waals surface area contributed by atoms with Gasteiger partial charge in [0.1, 0.15) is 0 Å². The summed E-state index contributed by atoms with van der Waals surface area (Å²) in [6.07, 6.45) is 10.0. The van der Waals surface area contributed by atoms with Crippen LogP contribution in [0.3, 0.4) is 0 Å². The molecule has 1 amide bonds. The molecule has 2 aliphatic carbocycles. The van der Waals surface area contributed by atoms with Gasteiger partial charge in [0.15, 0.2) is 0 Å². The average molecular weight is 432 g/mol. The van der Waals surface area contributed by atoms with E-state index in [0.717, 1.165) is 64.2 Å². The lowest BCUT2D eigenvalue weighted by atomic mass is 9.84. The van der Waals surface area contributed by atoms with E-state index in [0.29, 0.717) is 25.3 Å². The fraction of sp³-hybridized carbons (Fsp3) is 0.731. The third-order valence-electron chi connectivity index (χ3n) is 7.10. The largest absolute Gasteiger partial charge is 0.393 e. The minimum Gasteiger partial charge on any atom is -0.393 e. The van der Waals surface area contributed by atoms with Gasteiger partial charge in [0.2, 0.25) is 5.91 Å². The van der Waals surface area contributed by atoms with Crippen LogP contribution in [0.4, 0.5) is 0 Å². The van der Waals surface area contributed by atoms with Gasteiger partial charge < -0.3 is 20.6 Å². The summed E-state index contributed by atoms with van der Waals surface area (Å²) < 4.78 is 0. The summed E-state index contributed by atoms with van der Waals surface area (Å²) in [6.45, 7) is 0. The Morgan fingerprint density at radius 3 is 2.32 bits per heavy atom. The zero-order valence-electron chi connectivity index (χ0n) is 18.8. The molecule has 5 nitrogen and oxygen atoms in total. The number of aliphatic hydroxyl groups excluding tert-OH is 3. The van der Waals surface area contributed by atoms with E-state index in [1.54, 1.807) is 0 Å². The minimum atomic E-state index is -0.465. The van der Waals surface area contributed by atoms with Gasteiger partial charge in [-0.3, -0.25) is 4.79 Å². The first-order valence-corrected chi connectivity index (χ1v) is 12.4. The molecular weight excluding hydrogens is 390 g/mol. The molecule has 4 N–H and O–H groups in total. The average Bonchev–Trinajstić information content (AvgIpc) is 3.52. The van der Waals surface area contributed by atoms with Crippen LogP contribution < -0.4 is 5.32 Å². The number of carbonyl (C=O) groups is 1. The summed E-state index contributed by atoms with van der Waals surface area (Å²) in [6, 6.07) is 10.6. The molecular formula is C26H41NO4. The number of amides is 1. The molecule has 0 saturated heterocycles. The van der Waals surface area contributed by atoms with Crippen LogP contribution in [0.15, 0.2) is 30.3 Å². The molecule has 2 saturated carbocycles. The van der Waals surface area contributed by atoms with Gasteiger partial charge in [0.05, 0.1) is 18.3 Å². The highest BCUT2D eigenvalue weighted by molar-refractivity contribution is 5.76. The van der Waals surface area contributed by atoms with Crippen molar-refractivity contribution in [2.75, 3.05) is 0 Å². The molecule has 2 aliphatic rings. The first-order valence-electron chi connectivity index (χ1n) is 12.4. The van der Waals surface area contributed by atoms with Crippen molar-refractivity contribution in [1.29, 1.82) is 0 Å². The van der Waals surface area contributed by atoms with Crippen LogP contribution in [-0.4, -0.2) is 45.6 Å². The summed E-state index contributed by atoms with van der Waals surface area (Å²) in [7, 11) is 0. The van der Waals surface area contributed by atoms with Gasteiger partial charge in [0, 0.05) is 12.5 Å². The molecule has 0 unspecified atom stereocenters. The van der Waals surface area contributed by atoms with Crippen molar-refractivity contribution in [2.45, 2.75) is 108 Å². The predicted octanol–water partition coefficient (Wildman–Crippen LogP) is 3.74. The van der Waals surface area contributed by atoms with Crippen LogP contribution in [-0.2, 0) is 11.2 Å². The van der Waals surface area contributed by atoms with E-state index in [4.69, 9.17) is 0 Å². The van der Waals surface area contributed by atoms with Gasteiger partial charge in [0.25, 0.3) is 0 Å². The number of carbonyl (C=O) groups excluding carboxylic acids is 1. The topological polar surface area (TPSA) is 89.8 Å². The van der Waals surface area contributed by atoms with Gasteiger partial charge in [-0.1, -0.05) is 49.6 Å². The van der Waals surface area contributed by atoms with Crippen molar-refractivity contribution >= 4 is 5.91 Å². The van der Waals surface area contributed by atoms with E-state index >= 15 is 0 Å². The summed E-state index contributed by atoms with van der Waals surface area (Å²) in [5, 5.41) is 34.3. The van der Waals surface area contributed by atoms with Gasteiger partial charge >= 0.3 is 0 Å². The molecule has 0 aromatic heterocycles. The number of hydrogen-bond donors (Lipinski definition) is 4. The highest BCUT2D eigenvalue weighted by atomic mass is 16.3. The molecule has 0 bridgehead atoms. The van der Waals surface area contributed by atoms with Crippen molar-refractivity contribution < 1.29 is 20.1 Å². The Labute approximate surface area is 187 Å². The molecule has 31 heavy (non-hydrogen) atoms. The Kier molecular flexibility index (Phi) is 9.82. The standard InChI is InChI=1S/C26H41NO4/c28-21(15-12-19-8-4-3-5-9-19)16-17-23-22(24(29)18-25(23)30)10-6-1-2-7-11-26(31)27-20-13-14-20/h3-5,8-9,20-25,28-30H,1-2,6-7,10-18H2,(H,27,31)/t21-,22+,23+,24-,25+/m0/s1. The molecule has 3 rings (SSSR count). The SMILES string of the molecule is O=C(CCCCCC[C@@H]1[C@@H](CC[C@@H](O)CCc2ccccc2)[C@H](O)C[C@@H]1O)NC1CC1. The van der Waals surface area contributed by atoms with Crippen molar-refractivity contribution in [3.05, 3.63) is 35.9 Å². The molecule has 0 aliphatic heterocycles. The molecule has 2 fully saturated rings. The number of aliphatic hydroxyl groups is 3. The third kappa shape index (κ3) is 8.55. The third-order valence-corrected chi connectivity index (χ3v) is 7.10. The Balaban J connectivity index is 1.30. The van der Waals surface area contributed by atoms with E-state index in [1.807, 2.05) is 18.2 Å². The van der Waals surface area contributed by atoms with E-state index < -0.39 is 12.2 Å². The zero-order chi connectivity index (χ0) is 22.1. The maximum absolute atomic E-state index is 11.7. The van der Waals surface area contributed by atoms with Gasteiger partial charge in [-0.15, -0.1) is 0 Å². The molecule has 0 heterocycles. The summed E-state index contributed by atoms with van der Waals surface area (Å²) in [5.41, 5.74) is 1.24. The van der Waals surface area contributed by atoms with Crippen LogP contribution in [0.2, 0.25) is 0 Å². The van der Waals surface area contributed by atoms with Crippen molar-refractivity contribution in [3.63, 3.8) is 0 Å². The fourth-order valence-corrected chi connectivity index (χ4v) is 5.03. The molecule has 5 atom stereocenters. The summed E-state index contributed by atoms with van der Waals surface area (Å²) in [4.78, 5) is 11.7. The number of aryl methyl sites for hydroxylation is 1. The Morgan fingerprint density at radius 2 is 1.61 bits per heavy atom. The summed E-state index contributed by atoms with van der Waals surface area (Å²) in [5.74, 6) is 0.378. The lowest BCUT2D eigenvalue weighted by Crippen LogP contribution is -2.24. The lowest BCUT2D eigenvalue weighted by Gasteiger charge is -2.24. The van der Waals surface area contributed by atoms with E-state index in [2.05, 4.69) is 17.4 Å². The predicted molar refractivity (Wildman–Crippen MR) is 122 cm³/mol. The van der Waals surface area contributed by atoms with Crippen LogP contribution in [0.25, 0.3) is 0 Å². The smallest absolute Gasteiger partial charge is 0.220 e. The zero-order valence-corrected chi connectivity index (χ0v) is 18.8. The monoisotopic (exact) mass is 431 g/mol. The van der Waals surface area contributed by atoms with Crippen LogP contribution in [0.1, 0.15) is 82.6 Å². The molecule has 0 spiro atoms. The highest BCUT2D eigenvalue weighted by Crippen LogP contribution is 2.39. The number of rotatable bonds is 14. The van der Waals surface area contributed by atoms with Crippen molar-refractivity contribution in [3.8, 4) is 0 Å². The normalized spacial score (nSPS) is 26.7. The first-order chi connectivity index (χ1) is 15.0. The Bertz CT molecular complexity index is 648. The van der Waals surface area contributed by atoms with Crippen molar-refractivity contribution in [2.24, 2.45) is 11.8 Å². The van der Waals surface area contributed by atoms with Gasteiger partial charge in [-0.2, -0.15) is 0 Å². The minimum absolute atomic E-state index is 0.0747. The fourth-order valence-electron chi connectivity index (χ4n) is 5.03. The first kappa shape index (κ1) is 24.2. The van der Waals surface area contributed by atoms with Crippen LogP contribution in [0, 0.1) is 11.8 Å². The molecule has 1 aromatic carbocycles. The molecule has 5 heteroatoms. The quantitative estimate of drug-likeness (QED) is 0.338. The maximum Gasteiger partial charge on any atom is 0.220 e.